The Morgan fingerprint density at radius 3 is 2.23 bits per heavy atom. The van der Waals surface area contributed by atoms with Crippen LogP contribution in [0.2, 0.25) is 0 Å². The van der Waals surface area contributed by atoms with Crippen LogP contribution in [0.5, 0.6) is 5.75 Å². The van der Waals surface area contributed by atoms with Crippen molar-refractivity contribution in [3.05, 3.63) is 54.6 Å². The molecule has 0 radical (unpaired) electrons. The molecule has 0 fully saturated rings. The molecule has 6 nitrogen and oxygen atoms in total. The first kappa shape index (κ1) is 19.9. The van der Waals surface area contributed by atoms with Crippen molar-refractivity contribution in [3.63, 3.8) is 0 Å². The van der Waals surface area contributed by atoms with Crippen LogP contribution in [0, 0.1) is 0 Å². The van der Waals surface area contributed by atoms with Crippen molar-refractivity contribution < 1.29 is 17.9 Å². The van der Waals surface area contributed by atoms with Gasteiger partial charge in [-0.3, -0.25) is 4.79 Å². The van der Waals surface area contributed by atoms with Gasteiger partial charge in [0.2, 0.25) is 15.9 Å². The number of carbonyl (C=O) groups is 1. The zero-order valence-electron chi connectivity index (χ0n) is 15.2. The van der Waals surface area contributed by atoms with E-state index in [2.05, 4.69) is 4.72 Å². The van der Waals surface area contributed by atoms with Crippen LogP contribution in [0.3, 0.4) is 0 Å². The number of nitrogens with zero attached hydrogens (tertiary/aromatic N) is 1. The Hall–Kier alpha value is -2.38. The van der Waals surface area contributed by atoms with E-state index < -0.39 is 10.0 Å². The molecule has 0 atom stereocenters. The van der Waals surface area contributed by atoms with Crippen molar-refractivity contribution in [3.8, 4) is 5.75 Å². The number of ether oxygens (including phenoxy) is 1. The lowest BCUT2D eigenvalue weighted by molar-refractivity contribution is -0.117. The van der Waals surface area contributed by atoms with E-state index in [4.69, 9.17) is 4.74 Å². The third kappa shape index (κ3) is 5.31. The highest BCUT2D eigenvalue weighted by molar-refractivity contribution is 7.89. The molecule has 26 heavy (non-hydrogen) atoms. The first-order valence-electron chi connectivity index (χ1n) is 8.45. The molecule has 0 aliphatic heterocycles. The number of sulfonamides is 1. The molecule has 0 aliphatic carbocycles. The smallest absolute Gasteiger partial charge is 0.242 e. The van der Waals surface area contributed by atoms with Crippen LogP contribution in [0.1, 0.15) is 20.8 Å². The van der Waals surface area contributed by atoms with Gasteiger partial charge in [0, 0.05) is 12.2 Å². The summed E-state index contributed by atoms with van der Waals surface area (Å²) < 4.78 is 32.6. The van der Waals surface area contributed by atoms with E-state index in [0.29, 0.717) is 12.3 Å². The predicted octanol–water partition coefficient (Wildman–Crippen LogP) is 2.81. The molecule has 2 rings (SSSR count). The summed E-state index contributed by atoms with van der Waals surface area (Å²) in [4.78, 5) is 14.0. The number of anilines is 1. The monoisotopic (exact) mass is 376 g/mol. The van der Waals surface area contributed by atoms with Gasteiger partial charge in [-0.25, -0.2) is 13.1 Å². The average Bonchev–Trinajstić information content (AvgIpc) is 2.61. The zero-order valence-corrected chi connectivity index (χ0v) is 16.0. The van der Waals surface area contributed by atoms with Gasteiger partial charge in [-0.15, -0.1) is 0 Å². The van der Waals surface area contributed by atoms with Gasteiger partial charge < -0.3 is 9.64 Å². The van der Waals surface area contributed by atoms with E-state index >= 15 is 0 Å². The average molecular weight is 376 g/mol. The van der Waals surface area contributed by atoms with Crippen LogP contribution < -0.4 is 14.4 Å². The summed E-state index contributed by atoms with van der Waals surface area (Å²) in [6, 6.07) is 15.2. The van der Waals surface area contributed by atoms with Gasteiger partial charge in [-0.05, 0) is 57.2 Å². The number of benzene rings is 2. The Morgan fingerprint density at radius 2 is 1.69 bits per heavy atom. The summed E-state index contributed by atoms with van der Waals surface area (Å²) in [5.74, 6) is 0.276. The maximum atomic E-state index is 12.4. The molecule has 0 unspecified atom stereocenters. The van der Waals surface area contributed by atoms with Crippen LogP contribution in [-0.4, -0.2) is 33.5 Å². The van der Waals surface area contributed by atoms with Gasteiger partial charge in [0.05, 0.1) is 17.5 Å². The number of hydrogen-bond donors (Lipinski definition) is 1. The first-order chi connectivity index (χ1) is 12.3. The number of amides is 1. The lowest BCUT2D eigenvalue weighted by atomic mass is 10.3. The number of likely N-dealkylation sites (N-methyl/N-ethyl adjacent to an activating group) is 1. The van der Waals surface area contributed by atoms with Gasteiger partial charge in [-0.1, -0.05) is 18.2 Å². The van der Waals surface area contributed by atoms with Crippen molar-refractivity contribution >= 4 is 21.6 Å². The van der Waals surface area contributed by atoms with Crippen LogP contribution >= 0.6 is 0 Å². The number of nitrogens with one attached hydrogen (secondary N) is 1. The quantitative estimate of drug-likeness (QED) is 0.769. The fourth-order valence-electron chi connectivity index (χ4n) is 2.42. The molecule has 7 heteroatoms. The van der Waals surface area contributed by atoms with Crippen molar-refractivity contribution in [1.29, 1.82) is 0 Å². The summed E-state index contributed by atoms with van der Waals surface area (Å²) in [6.07, 6.45) is 0.00576. The molecule has 0 spiro atoms. The molecular weight excluding hydrogens is 352 g/mol. The van der Waals surface area contributed by atoms with E-state index in [9.17, 15) is 13.2 Å². The van der Waals surface area contributed by atoms with Crippen LogP contribution in [0.15, 0.2) is 59.5 Å². The molecule has 0 aromatic heterocycles. The van der Waals surface area contributed by atoms with Gasteiger partial charge in [-0.2, -0.15) is 0 Å². The van der Waals surface area contributed by atoms with E-state index in [-0.39, 0.29) is 23.5 Å². The molecule has 2 aromatic rings. The zero-order chi connectivity index (χ0) is 19.2. The summed E-state index contributed by atoms with van der Waals surface area (Å²) >= 11 is 0. The van der Waals surface area contributed by atoms with Crippen molar-refractivity contribution in [2.24, 2.45) is 0 Å². The maximum Gasteiger partial charge on any atom is 0.242 e. The fourth-order valence-corrected chi connectivity index (χ4v) is 3.39. The second-order valence-electron chi connectivity index (χ2n) is 5.94. The molecule has 0 heterocycles. The fraction of sp³-hybridized carbons (Fsp3) is 0.316. The third-order valence-corrected chi connectivity index (χ3v) is 5.02. The van der Waals surface area contributed by atoms with E-state index in [0.717, 1.165) is 5.69 Å². The number of rotatable bonds is 8. The minimum atomic E-state index is -3.78. The predicted molar refractivity (Wildman–Crippen MR) is 102 cm³/mol. The molecule has 140 valence electrons. The SMILES string of the molecule is CCN(C(=O)CNS(=O)(=O)c1ccc(OC(C)C)cc1)c1ccccc1. The summed E-state index contributed by atoms with van der Waals surface area (Å²) in [5, 5.41) is 0. The van der Waals surface area contributed by atoms with E-state index in [1.54, 1.807) is 12.1 Å². The van der Waals surface area contributed by atoms with E-state index in [1.165, 1.54) is 17.0 Å². The Labute approximate surface area is 154 Å². The van der Waals surface area contributed by atoms with Crippen molar-refractivity contribution in [2.75, 3.05) is 18.0 Å². The van der Waals surface area contributed by atoms with Crippen LogP contribution in [0.4, 0.5) is 5.69 Å². The Kier molecular flexibility index (Phi) is 6.76. The molecule has 0 aliphatic rings. The third-order valence-electron chi connectivity index (χ3n) is 3.60. The second kappa shape index (κ2) is 8.82. The number of para-hydroxylation sites is 1. The topological polar surface area (TPSA) is 75.7 Å². The van der Waals surface area contributed by atoms with Gasteiger partial charge in [0.25, 0.3) is 0 Å². The summed E-state index contributed by atoms with van der Waals surface area (Å²) in [5.41, 5.74) is 0.731. The minimum Gasteiger partial charge on any atom is -0.491 e. The summed E-state index contributed by atoms with van der Waals surface area (Å²) in [6.45, 7) is 5.77. The maximum absolute atomic E-state index is 12.4. The molecule has 0 bridgehead atoms. The molecule has 1 N–H and O–H groups in total. The first-order valence-corrected chi connectivity index (χ1v) is 9.93. The van der Waals surface area contributed by atoms with Gasteiger partial charge >= 0.3 is 0 Å². The van der Waals surface area contributed by atoms with Crippen LogP contribution in [0.25, 0.3) is 0 Å². The number of carbonyl (C=O) groups excluding carboxylic acids is 1. The summed E-state index contributed by atoms with van der Waals surface area (Å²) in [7, 11) is -3.78. The molecular formula is C19H24N2O4S. The molecule has 2 aromatic carbocycles. The normalized spacial score (nSPS) is 11.4. The van der Waals surface area contributed by atoms with Gasteiger partial charge in [0.15, 0.2) is 0 Å². The Bertz CT molecular complexity index is 818. The van der Waals surface area contributed by atoms with Crippen molar-refractivity contribution in [2.45, 2.75) is 31.8 Å². The second-order valence-corrected chi connectivity index (χ2v) is 7.70. The molecule has 1 amide bonds. The largest absolute Gasteiger partial charge is 0.491 e. The molecule has 0 saturated heterocycles. The number of hydrogen-bond acceptors (Lipinski definition) is 4. The van der Waals surface area contributed by atoms with Crippen LogP contribution in [-0.2, 0) is 14.8 Å². The highest BCUT2D eigenvalue weighted by Crippen LogP contribution is 2.17. The molecule has 0 saturated carbocycles. The van der Waals surface area contributed by atoms with E-state index in [1.807, 2.05) is 51.1 Å². The van der Waals surface area contributed by atoms with Gasteiger partial charge in [0.1, 0.15) is 5.75 Å². The minimum absolute atomic E-state index is 0.00576. The highest BCUT2D eigenvalue weighted by Gasteiger charge is 2.19. The standard InChI is InChI=1S/C19H24N2O4S/c1-4-21(16-8-6-5-7-9-16)19(22)14-20-26(23,24)18-12-10-17(11-13-18)25-15(2)3/h5-13,15,20H,4,14H2,1-3H3. The highest BCUT2D eigenvalue weighted by atomic mass is 32.2. The lowest BCUT2D eigenvalue weighted by Gasteiger charge is -2.21. The Morgan fingerprint density at radius 1 is 1.08 bits per heavy atom. The Balaban J connectivity index is 2.03. The lowest BCUT2D eigenvalue weighted by Crippen LogP contribution is -2.40. The van der Waals surface area contributed by atoms with Crippen molar-refractivity contribution in [1.82, 2.24) is 4.72 Å².